The van der Waals surface area contributed by atoms with Crippen LogP contribution in [0.2, 0.25) is 0 Å². The molecule has 1 unspecified atom stereocenters. The number of hydrogen-bond donors (Lipinski definition) is 1. The van der Waals surface area contributed by atoms with Gasteiger partial charge in [0, 0.05) is 32.6 Å². The highest BCUT2D eigenvalue weighted by molar-refractivity contribution is 5.76. The fourth-order valence-corrected chi connectivity index (χ4v) is 1.43. The van der Waals surface area contributed by atoms with Gasteiger partial charge in [0.2, 0.25) is 5.91 Å². The third kappa shape index (κ3) is 2.34. The molecule has 0 aliphatic carbocycles. The van der Waals surface area contributed by atoms with E-state index >= 15 is 0 Å². The van der Waals surface area contributed by atoms with Crippen molar-refractivity contribution in [2.24, 2.45) is 0 Å². The molecule has 3 heteroatoms. The molecule has 0 aromatic heterocycles. The molecule has 1 aliphatic heterocycles. The molecule has 0 saturated carbocycles. The normalized spacial score (nSPS) is 24.2. The maximum Gasteiger partial charge on any atom is 0.222 e. The SMILES string of the molecule is C=CCNC1CCC(=O)N(C)C1. The summed E-state index contributed by atoms with van der Waals surface area (Å²) in [7, 11) is 1.85. The number of carbonyl (C=O) groups excluding carboxylic acids is 1. The molecule has 1 saturated heterocycles. The van der Waals surface area contributed by atoms with Gasteiger partial charge in [-0.3, -0.25) is 4.79 Å². The molecule has 0 aromatic rings. The molecule has 1 rings (SSSR count). The summed E-state index contributed by atoms with van der Waals surface area (Å²) in [6.07, 6.45) is 3.47. The molecule has 1 fully saturated rings. The summed E-state index contributed by atoms with van der Waals surface area (Å²) >= 11 is 0. The van der Waals surface area contributed by atoms with Gasteiger partial charge >= 0.3 is 0 Å². The van der Waals surface area contributed by atoms with Gasteiger partial charge in [0.05, 0.1) is 0 Å². The highest BCUT2D eigenvalue weighted by atomic mass is 16.2. The Labute approximate surface area is 73.4 Å². The summed E-state index contributed by atoms with van der Waals surface area (Å²) < 4.78 is 0. The second kappa shape index (κ2) is 4.26. The Kier molecular flexibility index (Phi) is 3.29. The largest absolute Gasteiger partial charge is 0.344 e. The highest BCUT2D eigenvalue weighted by Gasteiger charge is 2.21. The molecule has 0 aromatic carbocycles. The predicted molar refractivity (Wildman–Crippen MR) is 48.9 cm³/mol. The van der Waals surface area contributed by atoms with E-state index < -0.39 is 0 Å². The van der Waals surface area contributed by atoms with Gasteiger partial charge in [-0.2, -0.15) is 0 Å². The van der Waals surface area contributed by atoms with Crippen LogP contribution in [0.1, 0.15) is 12.8 Å². The van der Waals surface area contributed by atoms with Gasteiger partial charge in [0.15, 0.2) is 0 Å². The topological polar surface area (TPSA) is 32.3 Å². The summed E-state index contributed by atoms with van der Waals surface area (Å²) in [6.45, 7) is 5.29. The van der Waals surface area contributed by atoms with Crippen LogP contribution in [-0.2, 0) is 4.79 Å². The highest BCUT2D eigenvalue weighted by Crippen LogP contribution is 2.08. The number of piperidine rings is 1. The molecule has 0 spiro atoms. The number of rotatable bonds is 3. The third-order valence-electron chi connectivity index (χ3n) is 2.18. The quantitative estimate of drug-likeness (QED) is 0.618. The van der Waals surface area contributed by atoms with Crippen LogP contribution in [0.25, 0.3) is 0 Å². The van der Waals surface area contributed by atoms with E-state index in [0.717, 1.165) is 19.5 Å². The number of nitrogens with zero attached hydrogens (tertiary/aromatic N) is 1. The lowest BCUT2D eigenvalue weighted by Gasteiger charge is -2.29. The van der Waals surface area contributed by atoms with Crippen molar-refractivity contribution in [2.45, 2.75) is 18.9 Å². The first-order valence-electron chi connectivity index (χ1n) is 4.32. The molecule has 1 amide bonds. The standard InChI is InChI=1S/C9H16N2O/c1-3-6-10-8-4-5-9(12)11(2)7-8/h3,8,10H,1,4-7H2,2H3. The maximum absolute atomic E-state index is 11.1. The average Bonchev–Trinajstić information content (AvgIpc) is 2.07. The zero-order valence-corrected chi connectivity index (χ0v) is 7.55. The number of hydrogen-bond acceptors (Lipinski definition) is 2. The number of likely N-dealkylation sites (tertiary alicyclic amines) is 1. The van der Waals surface area contributed by atoms with Gasteiger partial charge in [0.25, 0.3) is 0 Å². The molecule has 1 atom stereocenters. The summed E-state index contributed by atoms with van der Waals surface area (Å²) in [4.78, 5) is 12.9. The Hall–Kier alpha value is -0.830. The minimum absolute atomic E-state index is 0.256. The fraction of sp³-hybridized carbons (Fsp3) is 0.667. The summed E-state index contributed by atoms with van der Waals surface area (Å²) in [5.74, 6) is 0.256. The monoisotopic (exact) mass is 168 g/mol. The first-order chi connectivity index (χ1) is 5.74. The summed E-state index contributed by atoms with van der Waals surface area (Å²) in [5, 5.41) is 3.31. The molecule has 0 radical (unpaired) electrons. The smallest absolute Gasteiger partial charge is 0.222 e. The molecule has 1 aliphatic rings. The van der Waals surface area contributed by atoms with E-state index in [1.807, 2.05) is 13.1 Å². The first kappa shape index (κ1) is 9.26. The van der Waals surface area contributed by atoms with E-state index in [-0.39, 0.29) is 5.91 Å². The average molecular weight is 168 g/mol. The predicted octanol–water partition coefficient (Wildman–Crippen LogP) is 0.383. The molecule has 0 bridgehead atoms. The van der Waals surface area contributed by atoms with Crippen molar-refractivity contribution in [2.75, 3.05) is 20.1 Å². The van der Waals surface area contributed by atoms with Crippen molar-refractivity contribution in [3.63, 3.8) is 0 Å². The number of carbonyl (C=O) groups is 1. The first-order valence-corrected chi connectivity index (χ1v) is 4.32. The second-order valence-electron chi connectivity index (χ2n) is 3.21. The van der Waals surface area contributed by atoms with E-state index in [2.05, 4.69) is 11.9 Å². The van der Waals surface area contributed by atoms with Gasteiger partial charge in [0.1, 0.15) is 0 Å². The Balaban J connectivity index is 2.30. The van der Waals surface area contributed by atoms with E-state index in [9.17, 15) is 4.79 Å². The van der Waals surface area contributed by atoms with Crippen LogP contribution in [0.5, 0.6) is 0 Å². The van der Waals surface area contributed by atoms with Crippen LogP contribution in [0.3, 0.4) is 0 Å². The van der Waals surface area contributed by atoms with Gasteiger partial charge in [-0.15, -0.1) is 6.58 Å². The summed E-state index contributed by atoms with van der Waals surface area (Å²) in [6, 6.07) is 0.450. The Morgan fingerprint density at radius 1 is 1.83 bits per heavy atom. The van der Waals surface area contributed by atoms with Gasteiger partial charge in [-0.25, -0.2) is 0 Å². The van der Waals surface area contributed by atoms with Crippen molar-refractivity contribution in [1.29, 1.82) is 0 Å². The fourth-order valence-electron chi connectivity index (χ4n) is 1.43. The van der Waals surface area contributed by atoms with Crippen molar-refractivity contribution in [3.05, 3.63) is 12.7 Å². The zero-order chi connectivity index (χ0) is 8.97. The van der Waals surface area contributed by atoms with Crippen LogP contribution >= 0.6 is 0 Å². The minimum atomic E-state index is 0.256. The molecule has 1 N–H and O–H groups in total. The molecule has 3 nitrogen and oxygen atoms in total. The van der Waals surface area contributed by atoms with E-state index in [0.29, 0.717) is 12.5 Å². The molecular formula is C9H16N2O. The lowest BCUT2D eigenvalue weighted by atomic mass is 10.1. The molecular weight excluding hydrogens is 152 g/mol. The Morgan fingerprint density at radius 2 is 2.58 bits per heavy atom. The third-order valence-corrected chi connectivity index (χ3v) is 2.18. The van der Waals surface area contributed by atoms with Crippen molar-refractivity contribution >= 4 is 5.91 Å². The summed E-state index contributed by atoms with van der Waals surface area (Å²) in [5.41, 5.74) is 0. The lowest BCUT2D eigenvalue weighted by Crippen LogP contribution is -2.46. The Morgan fingerprint density at radius 3 is 3.17 bits per heavy atom. The van der Waals surface area contributed by atoms with Crippen LogP contribution in [0.15, 0.2) is 12.7 Å². The van der Waals surface area contributed by atoms with Crippen LogP contribution < -0.4 is 5.32 Å². The number of likely N-dealkylation sites (N-methyl/N-ethyl adjacent to an activating group) is 1. The number of nitrogens with one attached hydrogen (secondary N) is 1. The van der Waals surface area contributed by atoms with Crippen molar-refractivity contribution in [1.82, 2.24) is 10.2 Å². The molecule has 1 heterocycles. The molecule has 12 heavy (non-hydrogen) atoms. The number of amides is 1. The van der Waals surface area contributed by atoms with E-state index in [1.165, 1.54) is 0 Å². The molecule has 68 valence electrons. The van der Waals surface area contributed by atoms with Crippen molar-refractivity contribution in [3.8, 4) is 0 Å². The van der Waals surface area contributed by atoms with Crippen LogP contribution in [-0.4, -0.2) is 37.0 Å². The zero-order valence-electron chi connectivity index (χ0n) is 7.55. The van der Waals surface area contributed by atoms with E-state index in [1.54, 1.807) is 4.90 Å². The van der Waals surface area contributed by atoms with Crippen LogP contribution in [0, 0.1) is 0 Å². The maximum atomic E-state index is 11.1. The van der Waals surface area contributed by atoms with Crippen molar-refractivity contribution < 1.29 is 4.79 Å². The van der Waals surface area contributed by atoms with Crippen LogP contribution in [0.4, 0.5) is 0 Å². The van der Waals surface area contributed by atoms with E-state index in [4.69, 9.17) is 0 Å². The van der Waals surface area contributed by atoms with Gasteiger partial charge in [-0.1, -0.05) is 6.08 Å². The van der Waals surface area contributed by atoms with Gasteiger partial charge < -0.3 is 10.2 Å². The Bertz CT molecular complexity index is 177. The minimum Gasteiger partial charge on any atom is -0.344 e. The lowest BCUT2D eigenvalue weighted by molar-refractivity contribution is -0.132. The van der Waals surface area contributed by atoms with Gasteiger partial charge in [-0.05, 0) is 6.42 Å². The second-order valence-corrected chi connectivity index (χ2v) is 3.21.